The second-order valence-electron chi connectivity index (χ2n) is 4.21. The van der Waals surface area contributed by atoms with Gasteiger partial charge in [-0.2, -0.15) is 0 Å². The van der Waals surface area contributed by atoms with Gasteiger partial charge in [0.2, 0.25) is 0 Å². The molecule has 1 rings (SSSR count). The van der Waals surface area contributed by atoms with E-state index in [-0.39, 0.29) is 28.7 Å². The summed E-state index contributed by atoms with van der Waals surface area (Å²) in [5, 5.41) is 0.121. The standard InChI is InChI=1S/C12H12ClF3O2/c1-7(2)5-11(17)9-6-8(3-4-10(9)13)18-12(14,15)16/h3-4,6-7H,5H2,1-2H3. The van der Waals surface area contributed by atoms with Crippen molar-refractivity contribution >= 4 is 17.4 Å². The maximum Gasteiger partial charge on any atom is 0.573 e. The van der Waals surface area contributed by atoms with E-state index in [9.17, 15) is 18.0 Å². The highest BCUT2D eigenvalue weighted by atomic mass is 35.5. The van der Waals surface area contributed by atoms with Crippen LogP contribution in [0.4, 0.5) is 13.2 Å². The molecule has 0 unspecified atom stereocenters. The van der Waals surface area contributed by atoms with Crippen LogP contribution in [0.15, 0.2) is 18.2 Å². The monoisotopic (exact) mass is 280 g/mol. The molecule has 0 saturated carbocycles. The van der Waals surface area contributed by atoms with E-state index in [4.69, 9.17) is 11.6 Å². The number of halogens is 4. The van der Waals surface area contributed by atoms with E-state index in [1.165, 1.54) is 6.07 Å². The van der Waals surface area contributed by atoms with Gasteiger partial charge in [-0.1, -0.05) is 25.4 Å². The van der Waals surface area contributed by atoms with Crippen LogP contribution in [0.1, 0.15) is 30.6 Å². The molecule has 0 aromatic heterocycles. The molecule has 1 aromatic carbocycles. The number of ketones is 1. The van der Waals surface area contributed by atoms with E-state index >= 15 is 0 Å². The van der Waals surface area contributed by atoms with Crippen LogP contribution in [0.5, 0.6) is 5.75 Å². The van der Waals surface area contributed by atoms with Gasteiger partial charge >= 0.3 is 6.36 Å². The zero-order chi connectivity index (χ0) is 13.9. The van der Waals surface area contributed by atoms with Gasteiger partial charge in [0.05, 0.1) is 5.02 Å². The van der Waals surface area contributed by atoms with Crippen LogP contribution in [0.3, 0.4) is 0 Å². The van der Waals surface area contributed by atoms with Gasteiger partial charge in [0.25, 0.3) is 0 Å². The fourth-order valence-electron chi connectivity index (χ4n) is 1.40. The summed E-state index contributed by atoms with van der Waals surface area (Å²) in [6.45, 7) is 3.67. The normalized spacial score (nSPS) is 11.7. The Morgan fingerprint density at radius 2 is 2.00 bits per heavy atom. The van der Waals surface area contributed by atoms with Crippen LogP contribution in [0, 0.1) is 5.92 Å². The molecule has 0 aliphatic rings. The Morgan fingerprint density at radius 3 is 2.50 bits per heavy atom. The molecule has 100 valence electrons. The zero-order valence-electron chi connectivity index (χ0n) is 9.84. The highest BCUT2D eigenvalue weighted by Crippen LogP contribution is 2.28. The van der Waals surface area contributed by atoms with E-state index in [1.54, 1.807) is 0 Å². The van der Waals surface area contributed by atoms with Crippen molar-refractivity contribution in [3.05, 3.63) is 28.8 Å². The summed E-state index contributed by atoms with van der Waals surface area (Å²) in [4.78, 5) is 11.8. The van der Waals surface area contributed by atoms with Crippen molar-refractivity contribution in [1.82, 2.24) is 0 Å². The minimum Gasteiger partial charge on any atom is -0.406 e. The highest BCUT2D eigenvalue weighted by Gasteiger charge is 2.31. The minimum absolute atomic E-state index is 0.0483. The Kier molecular flexibility index (Phi) is 4.62. The average molecular weight is 281 g/mol. The first-order valence-electron chi connectivity index (χ1n) is 5.27. The number of carbonyl (C=O) groups is 1. The Hall–Kier alpha value is -1.23. The molecule has 6 heteroatoms. The molecule has 0 amide bonds. The van der Waals surface area contributed by atoms with Crippen molar-refractivity contribution < 1.29 is 22.7 Å². The summed E-state index contributed by atoms with van der Waals surface area (Å²) in [7, 11) is 0. The number of carbonyl (C=O) groups excluding carboxylic acids is 1. The molecule has 0 atom stereocenters. The number of Topliss-reactive ketones (excluding diaryl/α,β-unsaturated/α-hetero) is 1. The van der Waals surface area contributed by atoms with Crippen LogP contribution >= 0.6 is 11.6 Å². The second-order valence-corrected chi connectivity index (χ2v) is 4.62. The summed E-state index contributed by atoms with van der Waals surface area (Å²) in [6, 6.07) is 3.30. The van der Waals surface area contributed by atoms with Crippen molar-refractivity contribution in [2.45, 2.75) is 26.6 Å². The molecule has 0 N–H and O–H groups in total. The van der Waals surface area contributed by atoms with Gasteiger partial charge in [0.15, 0.2) is 5.78 Å². The van der Waals surface area contributed by atoms with Crippen molar-refractivity contribution in [2.75, 3.05) is 0 Å². The Morgan fingerprint density at radius 1 is 1.39 bits per heavy atom. The lowest BCUT2D eigenvalue weighted by Crippen LogP contribution is -2.17. The predicted octanol–water partition coefficient (Wildman–Crippen LogP) is 4.47. The fourth-order valence-corrected chi connectivity index (χ4v) is 1.62. The first-order valence-corrected chi connectivity index (χ1v) is 5.65. The van der Waals surface area contributed by atoms with Crippen LogP contribution in [0.25, 0.3) is 0 Å². The smallest absolute Gasteiger partial charge is 0.406 e. The van der Waals surface area contributed by atoms with E-state index in [0.29, 0.717) is 0 Å². The maximum absolute atomic E-state index is 12.0. The predicted molar refractivity (Wildman–Crippen MR) is 61.9 cm³/mol. The molecule has 0 aliphatic heterocycles. The van der Waals surface area contributed by atoms with E-state index in [1.807, 2.05) is 13.8 Å². The SMILES string of the molecule is CC(C)CC(=O)c1cc(OC(F)(F)F)ccc1Cl. The quantitative estimate of drug-likeness (QED) is 0.761. The lowest BCUT2D eigenvalue weighted by atomic mass is 10.0. The molecule has 0 spiro atoms. The number of benzene rings is 1. The van der Waals surface area contributed by atoms with Crippen LogP contribution < -0.4 is 4.74 Å². The number of rotatable bonds is 4. The Balaban J connectivity index is 2.98. The van der Waals surface area contributed by atoms with Gasteiger partial charge in [0, 0.05) is 12.0 Å². The Bertz CT molecular complexity index is 441. The van der Waals surface area contributed by atoms with E-state index < -0.39 is 12.1 Å². The molecular formula is C12H12ClF3O2. The summed E-state index contributed by atoms with van der Waals surface area (Å²) >= 11 is 5.79. The third-order valence-electron chi connectivity index (χ3n) is 2.07. The maximum atomic E-state index is 12.0. The molecule has 0 heterocycles. The largest absolute Gasteiger partial charge is 0.573 e. The van der Waals surface area contributed by atoms with Crippen molar-refractivity contribution in [3.63, 3.8) is 0 Å². The molecule has 0 saturated heterocycles. The fraction of sp³-hybridized carbons (Fsp3) is 0.417. The van der Waals surface area contributed by atoms with E-state index in [2.05, 4.69) is 4.74 Å². The number of hydrogen-bond acceptors (Lipinski definition) is 2. The molecule has 0 aliphatic carbocycles. The van der Waals surface area contributed by atoms with Gasteiger partial charge in [-0.3, -0.25) is 4.79 Å². The average Bonchev–Trinajstić information content (AvgIpc) is 2.17. The third kappa shape index (κ3) is 4.56. The molecule has 1 aromatic rings. The molecule has 18 heavy (non-hydrogen) atoms. The zero-order valence-corrected chi connectivity index (χ0v) is 10.6. The molecular weight excluding hydrogens is 269 g/mol. The van der Waals surface area contributed by atoms with Crippen molar-refractivity contribution in [2.24, 2.45) is 5.92 Å². The third-order valence-corrected chi connectivity index (χ3v) is 2.40. The van der Waals surface area contributed by atoms with Gasteiger partial charge in [-0.25, -0.2) is 0 Å². The number of ether oxygens (including phenoxy) is 1. The summed E-state index contributed by atoms with van der Waals surface area (Å²) in [5.74, 6) is -0.651. The van der Waals surface area contributed by atoms with Crippen LogP contribution in [-0.2, 0) is 0 Å². The number of hydrogen-bond donors (Lipinski definition) is 0. The molecule has 0 bridgehead atoms. The highest BCUT2D eigenvalue weighted by molar-refractivity contribution is 6.34. The van der Waals surface area contributed by atoms with Crippen molar-refractivity contribution in [3.8, 4) is 5.75 Å². The summed E-state index contributed by atoms with van der Waals surface area (Å²) in [5.41, 5.74) is 0.0483. The van der Waals surface area contributed by atoms with Crippen LogP contribution in [-0.4, -0.2) is 12.1 Å². The molecule has 0 fully saturated rings. The lowest BCUT2D eigenvalue weighted by Gasteiger charge is -2.11. The van der Waals surface area contributed by atoms with E-state index in [0.717, 1.165) is 12.1 Å². The lowest BCUT2D eigenvalue weighted by molar-refractivity contribution is -0.274. The topological polar surface area (TPSA) is 26.3 Å². The summed E-state index contributed by atoms with van der Waals surface area (Å²) < 4.78 is 39.9. The van der Waals surface area contributed by atoms with Gasteiger partial charge in [0.1, 0.15) is 5.75 Å². The molecule has 0 radical (unpaired) electrons. The van der Waals surface area contributed by atoms with Crippen LogP contribution in [0.2, 0.25) is 5.02 Å². The first-order chi connectivity index (χ1) is 8.19. The number of alkyl halides is 3. The summed E-state index contributed by atoms with van der Waals surface area (Å²) in [6.07, 6.45) is -4.57. The van der Waals surface area contributed by atoms with Gasteiger partial charge in [-0.05, 0) is 24.1 Å². The first kappa shape index (κ1) is 14.8. The minimum atomic E-state index is -4.79. The Labute approximate surface area is 108 Å². The van der Waals surface area contributed by atoms with Crippen molar-refractivity contribution in [1.29, 1.82) is 0 Å². The van der Waals surface area contributed by atoms with Gasteiger partial charge < -0.3 is 4.74 Å². The molecule has 2 nitrogen and oxygen atoms in total. The van der Waals surface area contributed by atoms with Gasteiger partial charge in [-0.15, -0.1) is 13.2 Å². The second kappa shape index (κ2) is 5.61.